The first-order valence-electron chi connectivity index (χ1n) is 2.86. The SMILES string of the molecule is O=C(CC(F)C(F)(F)F)C(F)(F)F. The van der Waals surface area contributed by atoms with Gasteiger partial charge in [0.25, 0.3) is 0 Å². The zero-order chi connectivity index (χ0) is 10.9. The van der Waals surface area contributed by atoms with Gasteiger partial charge in [0.15, 0.2) is 0 Å². The summed E-state index contributed by atoms with van der Waals surface area (Å²) in [5.74, 6) is -2.72. The average Bonchev–Trinajstić information content (AvgIpc) is 1.82. The van der Waals surface area contributed by atoms with Crippen LogP contribution in [0, 0.1) is 0 Å². The topological polar surface area (TPSA) is 17.1 Å². The fourth-order valence-electron chi connectivity index (χ4n) is 0.394. The van der Waals surface area contributed by atoms with Gasteiger partial charge in [-0.25, -0.2) is 4.39 Å². The molecule has 0 aromatic carbocycles. The minimum atomic E-state index is -5.43. The van der Waals surface area contributed by atoms with Crippen molar-refractivity contribution in [3.05, 3.63) is 0 Å². The number of halogens is 7. The lowest BCUT2D eigenvalue weighted by molar-refractivity contribution is -0.196. The molecule has 0 heterocycles. The number of hydrogen-bond acceptors (Lipinski definition) is 1. The van der Waals surface area contributed by atoms with Gasteiger partial charge in [-0.1, -0.05) is 0 Å². The molecule has 0 N–H and O–H groups in total. The number of carbonyl (C=O) groups excluding carboxylic acids is 1. The van der Waals surface area contributed by atoms with Crippen molar-refractivity contribution in [2.24, 2.45) is 0 Å². The molecule has 0 rings (SSSR count). The summed E-state index contributed by atoms with van der Waals surface area (Å²) in [7, 11) is 0. The Hall–Kier alpha value is -0.820. The average molecular weight is 212 g/mol. The fraction of sp³-hybridized carbons (Fsp3) is 0.800. The smallest absolute Gasteiger partial charge is 0.289 e. The van der Waals surface area contributed by atoms with Crippen LogP contribution in [-0.4, -0.2) is 24.3 Å². The Bertz CT molecular complexity index is 190. The van der Waals surface area contributed by atoms with Gasteiger partial charge in [0.05, 0.1) is 6.42 Å². The first-order valence-corrected chi connectivity index (χ1v) is 2.86. The Morgan fingerprint density at radius 1 is 1.08 bits per heavy atom. The first kappa shape index (κ1) is 12.2. The second-order valence-corrected chi connectivity index (χ2v) is 2.13. The molecule has 1 nitrogen and oxygen atoms in total. The van der Waals surface area contributed by atoms with Crippen molar-refractivity contribution in [1.29, 1.82) is 0 Å². The van der Waals surface area contributed by atoms with Crippen molar-refractivity contribution in [3.63, 3.8) is 0 Å². The van der Waals surface area contributed by atoms with Crippen molar-refractivity contribution in [2.45, 2.75) is 24.9 Å². The Kier molecular flexibility index (Phi) is 3.28. The molecule has 8 heteroatoms. The van der Waals surface area contributed by atoms with Crippen molar-refractivity contribution in [3.8, 4) is 0 Å². The molecule has 0 saturated heterocycles. The van der Waals surface area contributed by atoms with Crippen LogP contribution in [0.2, 0.25) is 0 Å². The summed E-state index contributed by atoms with van der Waals surface area (Å²) >= 11 is 0. The van der Waals surface area contributed by atoms with E-state index >= 15 is 0 Å². The van der Waals surface area contributed by atoms with Crippen LogP contribution >= 0.6 is 0 Å². The minimum absolute atomic E-state index is 2.22. The van der Waals surface area contributed by atoms with Crippen LogP contribution in [0.4, 0.5) is 30.7 Å². The van der Waals surface area contributed by atoms with Crippen molar-refractivity contribution in [1.82, 2.24) is 0 Å². The predicted octanol–water partition coefficient (Wildman–Crippen LogP) is 2.41. The number of Topliss-reactive ketones (excluding diaryl/α,β-unsaturated/α-hetero) is 1. The summed E-state index contributed by atoms with van der Waals surface area (Å²) in [6, 6.07) is 0. The maximum Gasteiger partial charge on any atom is 0.450 e. The van der Waals surface area contributed by atoms with E-state index in [0.29, 0.717) is 0 Å². The Labute approximate surface area is 67.5 Å². The van der Waals surface area contributed by atoms with Crippen LogP contribution in [0.25, 0.3) is 0 Å². The normalized spacial score (nSPS) is 15.6. The van der Waals surface area contributed by atoms with E-state index < -0.39 is 30.7 Å². The van der Waals surface area contributed by atoms with Crippen LogP contribution in [0.5, 0.6) is 0 Å². The van der Waals surface area contributed by atoms with Gasteiger partial charge in [0.2, 0.25) is 12.0 Å². The summed E-state index contributed by atoms with van der Waals surface area (Å²) in [5.41, 5.74) is 0. The summed E-state index contributed by atoms with van der Waals surface area (Å²) < 4.78 is 79.7. The lowest BCUT2D eigenvalue weighted by atomic mass is 10.2. The van der Waals surface area contributed by atoms with Gasteiger partial charge in [0.1, 0.15) is 0 Å². The first-order chi connectivity index (χ1) is 5.55. The number of hydrogen-bond donors (Lipinski definition) is 0. The van der Waals surface area contributed by atoms with Crippen LogP contribution < -0.4 is 0 Å². The van der Waals surface area contributed by atoms with Crippen LogP contribution in [0.3, 0.4) is 0 Å². The van der Waals surface area contributed by atoms with Crippen molar-refractivity contribution in [2.75, 3.05) is 0 Å². The second-order valence-electron chi connectivity index (χ2n) is 2.13. The van der Waals surface area contributed by atoms with Gasteiger partial charge < -0.3 is 0 Å². The molecule has 0 fully saturated rings. The van der Waals surface area contributed by atoms with Gasteiger partial charge >= 0.3 is 12.4 Å². The second kappa shape index (κ2) is 3.51. The van der Waals surface area contributed by atoms with E-state index in [9.17, 15) is 35.5 Å². The molecular weight excluding hydrogens is 209 g/mol. The van der Waals surface area contributed by atoms with E-state index in [4.69, 9.17) is 0 Å². The third-order valence-corrected chi connectivity index (χ3v) is 1.04. The Morgan fingerprint density at radius 3 is 1.69 bits per heavy atom. The maximum atomic E-state index is 11.8. The quantitative estimate of drug-likeness (QED) is 0.642. The largest absolute Gasteiger partial charge is 0.450 e. The van der Waals surface area contributed by atoms with Crippen LogP contribution in [0.1, 0.15) is 6.42 Å². The predicted molar refractivity (Wildman–Crippen MR) is 26.6 cm³/mol. The van der Waals surface area contributed by atoms with Crippen LogP contribution in [0.15, 0.2) is 0 Å². The molecule has 1 unspecified atom stereocenters. The molecule has 13 heavy (non-hydrogen) atoms. The van der Waals surface area contributed by atoms with E-state index in [1.165, 1.54) is 0 Å². The molecule has 1 atom stereocenters. The highest BCUT2D eigenvalue weighted by Gasteiger charge is 2.47. The zero-order valence-electron chi connectivity index (χ0n) is 5.84. The van der Waals surface area contributed by atoms with Crippen molar-refractivity contribution < 1.29 is 35.5 Å². The molecular formula is C5H3F7O. The molecule has 0 aliphatic carbocycles. The van der Waals surface area contributed by atoms with E-state index in [0.717, 1.165) is 0 Å². The molecule has 0 aromatic heterocycles. The Morgan fingerprint density at radius 2 is 1.46 bits per heavy atom. The molecule has 0 spiro atoms. The van der Waals surface area contributed by atoms with E-state index in [1.54, 1.807) is 0 Å². The molecule has 0 radical (unpaired) electrons. The van der Waals surface area contributed by atoms with Crippen LogP contribution in [-0.2, 0) is 4.79 Å². The third kappa shape index (κ3) is 4.09. The number of ketones is 1. The zero-order valence-corrected chi connectivity index (χ0v) is 5.84. The number of carbonyl (C=O) groups is 1. The highest BCUT2D eigenvalue weighted by atomic mass is 19.4. The maximum absolute atomic E-state index is 11.8. The van der Waals surface area contributed by atoms with Gasteiger partial charge in [0, 0.05) is 0 Å². The molecule has 0 bridgehead atoms. The lowest BCUT2D eigenvalue weighted by Crippen LogP contribution is -2.32. The van der Waals surface area contributed by atoms with Gasteiger partial charge in [-0.15, -0.1) is 0 Å². The van der Waals surface area contributed by atoms with E-state index in [1.807, 2.05) is 0 Å². The van der Waals surface area contributed by atoms with E-state index in [2.05, 4.69) is 0 Å². The van der Waals surface area contributed by atoms with E-state index in [-0.39, 0.29) is 0 Å². The molecule has 0 amide bonds. The minimum Gasteiger partial charge on any atom is -0.289 e. The van der Waals surface area contributed by atoms with Crippen molar-refractivity contribution >= 4 is 5.78 Å². The van der Waals surface area contributed by atoms with Gasteiger partial charge in [-0.2, -0.15) is 26.3 Å². The highest BCUT2D eigenvalue weighted by molar-refractivity contribution is 5.84. The van der Waals surface area contributed by atoms with Gasteiger partial charge in [-0.3, -0.25) is 4.79 Å². The number of rotatable bonds is 2. The third-order valence-electron chi connectivity index (χ3n) is 1.04. The Balaban J connectivity index is 4.24. The summed E-state index contributed by atoms with van der Waals surface area (Å²) in [5, 5.41) is 0. The molecule has 78 valence electrons. The summed E-state index contributed by atoms with van der Waals surface area (Å²) in [4.78, 5) is 9.86. The monoisotopic (exact) mass is 212 g/mol. The molecule has 0 aliphatic rings. The number of alkyl halides is 7. The lowest BCUT2D eigenvalue weighted by Gasteiger charge is -2.12. The summed E-state index contributed by atoms with van der Waals surface area (Å²) in [6.45, 7) is 0. The highest BCUT2D eigenvalue weighted by Crippen LogP contribution is 2.28. The molecule has 0 aliphatic heterocycles. The fourth-order valence-corrected chi connectivity index (χ4v) is 0.394. The molecule has 0 aromatic rings. The standard InChI is InChI=1S/C5H3F7O/c6-2(4(7,8)9)1-3(13)5(10,11)12/h2H,1H2. The van der Waals surface area contributed by atoms with Gasteiger partial charge in [-0.05, 0) is 0 Å². The summed E-state index contributed by atoms with van der Waals surface area (Å²) in [6.07, 6.45) is -16.8. The molecule has 0 saturated carbocycles.